The molecule has 3 aromatic rings. The molecule has 0 aliphatic carbocycles. The van der Waals surface area contributed by atoms with E-state index in [4.69, 9.17) is 10.2 Å². The average Bonchev–Trinajstić information content (AvgIpc) is 2.81. The lowest BCUT2D eigenvalue weighted by Crippen LogP contribution is -2.39. The summed E-state index contributed by atoms with van der Waals surface area (Å²) < 4.78 is 5.59. The molecule has 2 aromatic carbocycles. The van der Waals surface area contributed by atoms with Crippen molar-refractivity contribution in [1.82, 2.24) is 4.90 Å². The highest BCUT2D eigenvalue weighted by Crippen LogP contribution is 2.29. The van der Waals surface area contributed by atoms with E-state index in [-0.39, 0.29) is 12.3 Å². The number of hydrogen-bond donors (Lipinski definition) is 1. The third-order valence-electron chi connectivity index (χ3n) is 6.62. The van der Waals surface area contributed by atoms with Gasteiger partial charge in [-0.2, -0.15) is 0 Å². The molecule has 1 saturated heterocycles. The van der Waals surface area contributed by atoms with Crippen molar-refractivity contribution in [1.29, 1.82) is 0 Å². The summed E-state index contributed by atoms with van der Waals surface area (Å²) in [7, 11) is 3.88. The van der Waals surface area contributed by atoms with Gasteiger partial charge in [0.15, 0.2) is 0 Å². The van der Waals surface area contributed by atoms with E-state index < -0.39 is 5.63 Å². The Hall–Kier alpha value is -3.12. The predicted octanol–water partition coefficient (Wildman–Crippen LogP) is 3.57. The maximum atomic E-state index is 13.0. The first-order valence-corrected chi connectivity index (χ1v) is 11.2. The number of benzene rings is 2. The van der Waals surface area contributed by atoms with Gasteiger partial charge in [-0.1, -0.05) is 24.3 Å². The van der Waals surface area contributed by atoms with Crippen molar-refractivity contribution in [2.24, 2.45) is 5.73 Å². The Morgan fingerprint density at radius 1 is 1.16 bits per heavy atom. The van der Waals surface area contributed by atoms with Gasteiger partial charge in [0, 0.05) is 50.9 Å². The second-order valence-electron chi connectivity index (χ2n) is 8.85. The molecule has 168 valence electrons. The summed E-state index contributed by atoms with van der Waals surface area (Å²) in [5.41, 5.74) is 10.6. The summed E-state index contributed by atoms with van der Waals surface area (Å²) in [5.74, 6) is 0.419. The molecule has 2 heterocycles. The van der Waals surface area contributed by atoms with Crippen molar-refractivity contribution in [2.45, 2.75) is 38.6 Å². The van der Waals surface area contributed by atoms with E-state index in [9.17, 15) is 9.59 Å². The van der Waals surface area contributed by atoms with E-state index in [0.29, 0.717) is 36.7 Å². The number of hydrogen-bond acceptors (Lipinski definition) is 5. The molecule has 1 amide bonds. The summed E-state index contributed by atoms with van der Waals surface area (Å²) >= 11 is 0. The van der Waals surface area contributed by atoms with Gasteiger partial charge in [0.2, 0.25) is 5.91 Å². The van der Waals surface area contributed by atoms with E-state index >= 15 is 0 Å². The summed E-state index contributed by atoms with van der Waals surface area (Å²) in [5, 5.41) is 0.872. The molecule has 6 heteroatoms. The summed E-state index contributed by atoms with van der Waals surface area (Å²) in [4.78, 5) is 29.5. The highest BCUT2D eigenvalue weighted by molar-refractivity contribution is 5.86. The van der Waals surface area contributed by atoms with Crippen LogP contribution in [0.2, 0.25) is 0 Å². The van der Waals surface area contributed by atoms with Crippen LogP contribution in [0.15, 0.2) is 51.7 Å². The fraction of sp³-hybridized carbons (Fsp3) is 0.385. The quantitative estimate of drug-likeness (QED) is 0.622. The SMILES string of the molecule is Cc1c(CC(=O)N2CCC(c3cccc(CN)c3)CC2)c(=O)oc2cc(N(C)C)ccc12. The smallest absolute Gasteiger partial charge is 0.340 e. The number of likely N-dealkylation sites (tertiary alicyclic amines) is 1. The van der Waals surface area contributed by atoms with Crippen LogP contribution < -0.4 is 16.3 Å². The zero-order valence-corrected chi connectivity index (χ0v) is 19.1. The molecule has 1 aliphatic heterocycles. The van der Waals surface area contributed by atoms with Crippen LogP contribution in [0.5, 0.6) is 0 Å². The van der Waals surface area contributed by atoms with Crippen LogP contribution in [0, 0.1) is 6.92 Å². The van der Waals surface area contributed by atoms with Gasteiger partial charge in [0.1, 0.15) is 5.58 Å². The van der Waals surface area contributed by atoms with Gasteiger partial charge < -0.3 is 20.0 Å². The number of nitrogens with two attached hydrogens (primary N) is 1. The maximum absolute atomic E-state index is 13.0. The van der Waals surface area contributed by atoms with Crippen molar-refractivity contribution in [3.63, 3.8) is 0 Å². The summed E-state index contributed by atoms with van der Waals surface area (Å²) in [6.45, 7) is 3.82. The lowest BCUT2D eigenvalue weighted by molar-refractivity contribution is -0.131. The minimum absolute atomic E-state index is 0.0150. The summed E-state index contributed by atoms with van der Waals surface area (Å²) in [6, 6.07) is 14.2. The largest absolute Gasteiger partial charge is 0.422 e. The van der Waals surface area contributed by atoms with Gasteiger partial charge in [-0.15, -0.1) is 0 Å². The molecular weight excluding hydrogens is 402 g/mol. The second kappa shape index (κ2) is 9.17. The van der Waals surface area contributed by atoms with Crippen molar-refractivity contribution in [3.8, 4) is 0 Å². The number of piperidine rings is 1. The molecule has 6 nitrogen and oxygen atoms in total. The highest BCUT2D eigenvalue weighted by Gasteiger charge is 2.25. The van der Waals surface area contributed by atoms with Crippen molar-refractivity contribution in [2.75, 3.05) is 32.1 Å². The highest BCUT2D eigenvalue weighted by atomic mass is 16.4. The number of carbonyl (C=O) groups is 1. The molecule has 0 saturated carbocycles. The number of fused-ring (bicyclic) bond motifs is 1. The van der Waals surface area contributed by atoms with Crippen LogP contribution in [0.3, 0.4) is 0 Å². The van der Waals surface area contributed by atoms with Gasteiger partial charge in [-0.25, -0.2) is 4.79 Å². The van der Waals surface area contributed by atoms with Gasteiger partial charge in [-0.05, 0) is 54.5 Å². The van der Waals surface area contributed by atoms with Crippen LogP contribution in [-0.2, 0) is 17.8 Å². The molecule has 32 heavy (non-hydrogen) atoms. The van der Waals surface area contributed by atoms with Crippen LogP contribution in [-0.4, -0.2) is 38.0 Å². The van der Waals surface area contributed by atoms with Crippen LogP contribution >= 0.6 is 0 Å². The van der Waals surface area contributed by atoms with Gasteiger partial charge >= 0.3 is 5.63 Å². The average molecular weight is 434 g/mol. The molecular formula is C26H31N3O3. The Balaban J connectivity index is 1.47. The topological polar surface area (TPSA) is 79.8 Å². The van der Waals surface area contributed by atoms with Crippen LogP contribution in [0.25, 0.3) is 11.0 Å². The van der Waals surface area contributed by atoms with Gasteiger partial charge in [0.05, 0.1) is 12.0 Å². The molecule has 0 radical (unpaired) electrons. The van der Waals surface area contributed by atoms with Crippen molar-refractivity contribution < 1.29 is 9.21 Å². The molecule has 4 rings (SSSR count). The Bertz CT molecular complexity index is 1190. The van der Waals surface area contributed by atoms with E-state index in [2.05, 4.69) is 18.2 Å². The van der Waals surface area contributed by atoms with Gasteiger partial charge in [-0.3, -0.25) is 4.79 Å². The molecule has 0 spiro atoms. The predicted molar refractivity (Wildman–Crippen MR) is 128 cm³/mol. The first kappa shape index (κ1) is 22.1. The number of anilines is 1. The summed E-state index contributed by atoms with van der Waals surface area (Å²) in [6.07, 6.45) is 1.91. The maximum Gasteiger partial charge on any atom is 0.340 e. The van der Waals surface area contributed by atoms with E-state index in [0.717, 1.165) is 35.0 Å². The van der Waals surface area contributed by atoms with Crippen LogP contribution in [0.1, 0.15) is 41.0 Å². The Kier molecular flexibility index (Phi) is 6.33. The third kappa shape index (κ3) is 4.41. The van der Waals surface area contributed by atoms with E-state index in [1.807, 2.05) is 55.1 Å². The fourth-order valence-electron chi connectivity index (χ4n) is 4.56. The normalized spacial score (nSPS) is 14.7. The van der Waals surface area contributed by atoms with Gasteiger partial charge in [0.25, 0.3) is 0 Å². The zero-order valence-electron chi connectivity index (χ0n) is 19.1. The zero-order chi connectivity index (χ0) is 22.8. The number of nitrogens with zero attached hydrogens (tertiary/aromatic N) is 2. The Morgan fingerprint density at radius 3 is 2.59 bits per heavy atom. The van der Waals surface area contributed by atoms with Crippen molar-refractivity contribution >= 4 is 22.6 Å². The first-order chi connectivity index (χ1) is 15.4. The van der Waals surface area contributed by atoms with E-state index in [1.54, 1.807) is 0 Å². The molecule has 1 aromatic heterocycles. The van der Waals surface area contributed by atoms with Crippen molar-refractivity contribution in [3.05, 3.63) is 75.1 Å². The first-order valence-electron chi connectivity index (χ1n) is 11.2. The standard InChI is InChI=1S/C26H31N3O3/c1-17-22-8-7-21(28(2)3)14-24(22)32-26(31)23(17)15-25(30)29-11-9-19(10-12-29)20-6-4-5-18(13-20)16-27/h4-8,13-14,19H,9-12,15-16,27H2,1-3H3. The molecule has 1 aliphatic rings. The van der Waals surface area contributed by atoms with E-state index in [1.165, 1.54) is 5.56 Å². The molecule has 0 atom stereocenters. The Labute approximate surface area is 188 Å². The van der Waals surface area contributed by atoms with Crippen LogP contribution in [0.4, 0.5) is 5.69 Å². The molecule has 1 fully saturated rings. The number of rotatable bonds is 5. The molecule has 0 unspecified atom stereocenters. The number of amides is 1. The molecule has 0 bridgehead atoms. The number of aryl methyl sites for hydroxylation is 1. The Morgan fingerprint density at radius 2 is 1.91 bits per heavy atom. The third-order valence-corrected chi connectivity index (χ3v) is 6.62. The second-order valence-corrected chi connectivity index (χ2v) is 8.85. The molecule has 2 N–H and O–H groups in total. The lowest BCUT2D eigenvalue weighted by Gasteiger charge is -2.32. The number of carbonyl (C=O) groups excluding carboxylic acids is 1. The minimum atomic E-state index is -0.423. The fourth-order valence-corrected chi connectivity index (χ4v) is 4.56. The minimum Gasteiger partial charge on any atom is -0.422 e. The monoisotopic (exact) mass is 433 g/mol. The lowest BCUT2D eigenvalue weighted by atomic mass is 9.88.